The van der Waals surface area contributed by atoms with E-state index in [1.807, 2.05) is 11.6 Å². The van der Waals surface area contributed by atoms with Crippen molar-refractivity contribution in [3.63, 3.8) is 0 Å². The molecule has 6 nitrogen and oxygen atoms in total. The van der Waals surface area contributed by atoms with Gasteiger partial charge in [-0.1, -0.05) is 23.5 Å². The number of hydrogen-bond donors (Lipinski definition) is 0. The largest absolute Gasteiger partial charge is 0.373 e. The summed E-state index contributed by atoms with van der Waals surface area (Å²) < 4.78 is 21.0. The summed E-state index contributed by atoms with van der Waals surface area (Å²) in [5.74, 6) is -0.223. The van der Waals surface area contributed by atoms with Crippen molar-refractivity contribution in [3.05, 3.63) is 58.1 Å². The van der Waals surface area contributed by atoms with Gasteiger partial charge in [0.15, 0.2) is 0 Å². The number of nitrogens with zero attached hydrogens (tertiary/aromatic N) is 5. The summed E-state index contributed by atoms with van der Waals surface area (Å²) in [4.78, 5) is 2.23. The summed E-state index contributed by atoms with van der Waals surface area (Å²) >= 11 is 1.59. The lowest BCUT2D eigenvalue weighted by Gasteiger charge is -2.32. The van der Waals surface area contributed by atoms with Gasteiger partial charge in [0.05, 0.1) is 24.9 Å². The zero-order valence-electron chi connectivity index (χ0n) is 15.4. The molecule has 0 bridgehead atoms. The molecule has 0 saturated carbocycles. The Balaban J connectivity index is 1.40. The Morgan fingerprint density at radius 3 is 2.78 bits per heavy atom. The molecule has 4 rings (SSSR count). The van der Waals surface area contributed by atoms with Crippen molar-refractivity contribution in [1.82, 2.24) is 20.0 Å². The SMILES string of the molecule is Cc1cc(C)n(CC2CN(c3nnc(Cc4ccc(F)cc4)s3)CCO2)n1. The van der Waals surface area contributed by atoms with Crippen LogP contribution in [0.1, 0.15) is 22.0 Å². The van der Waals surface area contributed by atoms with Crippen LogP contribution in [0.3, 0.4) is 0 Å². The van der Waals surface area contributed by atoms with Gasteiger partial charge in [0.25, 0.3) is 0 Å². The number of halogens is 1. The highest BCUT2D eigenvalue weighted by molar-refractivity contribution is 7.15. The normalized spacial score (nSPS) is 17.4. The van der Waals surface area contributed by atoms with E-state index in [1.165, 1.54) is 12.1 Å². The zero-order valence-corrected chi connectivity index (χ0v) is 16.2. The van der Waals surface area contributed by atoms with Gasteiger partial charge in [-0.2, -0.15) is 5.10 Å². The van der Waals surface area contributed by atoms with E-state index in [9.17, 15) is 4.39 Å². The molecule has 0 amide bonds. The maximum Gasteiger partial charge on any atom is 0.208 e. The Morgan fingerprint density at radius 2 is 2.04 bits per heavy atom. The molecule has 1 unspecified atom stereocenters. The highest BCUT2D eigenvalue weighted by Crippen LogP contribution is 2.24. The Hall–Kier alpha value is -2.32. The average molecular weight is 387 g/mol. The zero-order chi connectivity index (χ0) is 18.8. The minimum atomic E-state index is -0.223. The number of aryl methyl sites for hydroxylation is 2. The summed E-state index contributed by atoms with van der Waals surface area (Å²) in [6.07, 6.45) is 0.735. The standard InChI is InChI=1S/C19H22FN5OS/c1-13-9-14(2)25(23-13)12-17-11-24(7-8-26-17)19-22-21-18(27-19)10-15-3-5-16(20)6-4-15/h3-6,9,17H,7-8,10-12H2,1-2H3. The van der Waals surface area contributed by atoms with Crippen molar-refractivity contribution in [1.29, 1.82) is 0 Å². The molecule has 1 atom stereocenters. The third kappa shape index (κ3) is 4.33. The molecule has 3 aromatic rings. The monoisotopic (exact) mass is 387 g/mol. The molecule has 142 valence electrons. The predicted octanol–water partition coefficient (Wildman–Crippen LogP) is 2.99. The van der Waals surface area contributed by atoms with Crippen molar-refractivity contribution in [2.45, 2.75) is 32.9 Å². The lowest BCUT2D eigenvalue weighted by Crippen LogP contribution is -2.44. The van der Waals surface area contributed by atoms with E-state index in [1.54, 1.807) is 23.5 Å². The molecule has 3 heterocycles. The van der Waals surface area contributed by atoms with Crippen LogP contribution in [-0.2, 0) is 17.7 Å². The maximum atomic E-state index is 13.0. The van der Waals surface area contributed by atoms with Crippen molar-refractivity contribution in [3.8, 4) is 0 Å². The van der Waals surface area contributed by atoms with Crippen molar-refractivity contribution < 1.29 is 9.13 Å². The van der Waals surface area contributed by atoms with Crippen LogP contribution >= 0.6 is 11.3 Å². The summed E-state index contributed by atoms with van der Waals surface area (Å²) in [7, 11) is 0. The van der Waals surface area contributed by atoms with Crippen molar-refractivity contribution >= 4 is 16.5 Å². The first-order valence-corrected chi connectivity index (χ1v) is 9.83. The Kier molecular flexibility index (Phi) is 5.18. The van der Waals surface area contributed by atoms with Gasteiger partial charge in [-0.05, 0) is 37.6 Å². The molecular formula is C19H22FN5OS. The Bertz CT molecular complexity index is 907. The molecule has 1 aliphatic heterocycles. The number of benzene rings is 1. The lowest BCUT2D eigenvalue weighted by atomic mass is 10.2. The van der Waals surface area contributed by atoms with Crippen LogP contribution < -0.4 is 4.90 Å². The number of aromatic nitrogens is 4. The van der Waals surface area contributed by atoms with Gasteiger partial charge >= 0.3 is 0 Å². The summed E-state index contributed by atoms with van der Waals surface area (Å²) in [5.41, 5.74) is 3.20. The third-order valence-electron chi connectivity index (χ3n) is 4.61. The van der Waals surface area contributed by atoms with Crippen LogP contribution in [0.4, 0.5) is 9.52 Å². The first-order chi connectivity index (χ1) is 13.1. The third-order valence-corrected chi connectivity index (χ3v) is 5.60. The summed E-state index contributed by atoms with van der Waals surface area (Å²) in [5, 5.41) is 15.0. The molecular weight excluding hydrogens is 365 g/mol. The highest BCUT2D eigenvalue weighted by Gasteiger charge is 2.24. The minimum absolute atomic E-state index is 0.0706. The lowest BCUT2D eigenvalue weighted by molar-refractivity contribution is 0.0269. The summed E-state index contributed by atoms with van der Waals surface area (Å²) in [6, 6.07) is 8.60. The first kappa shape index (κ1) is 18.1. The molecule has 1 aromatic carbocycles. The first-order valence-electron chi connectivity index (χ1n) is 9.01. The van der Waals surface area contributed by atoms with Gasteiger partial charge in [0.1, 0.15) is 10.8 Å². The number of hydrogen-bond acceptors (Lipinski definition) is 6. The van der Waals surface area contributed by atoms with Gasteiger partial charge in [0, 0.05) is 25.2 Å². The van der Waals surface area contributed by atoms with Gasteiger partial charge < -0.3 is 9.64 Å². The molecule has 2 aromatic heterocycles. The van der Waals surface area contributed by atoms with Gasteiger partial charge in [-0.3, -0.25) is 4.68 Å². The van der Waals surface area contributed by atoms with E-state index in [0.717, 1.165) is 46.7 Å². The van der Waals surface area contributed by atoms with Crippen LogP contribution in [0.25, 0.3) is 0 Å². The van der Waals surface area contributed by atoms with Crippen molar-refractivity contribution in [2.24, 2.45) is 0 Å². The number of ether oxygens (including phenoxy) is 1. The quantitative estimate of drug-likeness (QED) is 0.674. The molecule has 1 fully saturated rings. The van der Waals surface area contributed by atoms with Crippen LogP contribution in [0, 0.1) is 19.7 Å². The second-order valence-corrected chi connectivity index (χ2v) is 7.87. The second-order valence-electron chi connectivity index (χ2n) is 6.83. The van der Waals surface area contributed by atoms with Crippen molar-refractivity contribution in [2.75, 3.05) is 24.6 Å². The topological polar surface area (TPSA) is 56.1 Å². The number of rotatable bonds is 5. The Morgan fingerprint density at radius 1 is 1.22 bits per heavy atom. The fourth-order valence-electron chi connectivity index (χ4n) is 3.28. The molecule has 8 heteroatoms. The molecule has 0 aliphatic carbocycles. The smallest absolute Gasteiger partial charge is 0.208 e. The molecule has 1 aliphatic rings. The van der Waals surface area contributed by atoms with E-state index in [-0.39, 0.29) is 11.9 Å². The van der Waals surface area contributed by atoms with Crippen LogP contribution in [0.2, 0.25) is 0 Å². The Labute approximate surface area is 161 Å². The molecule has 0 N–H and O–H groups in total. The molecule has 0 radical (unpaired) electrons. The molecule has 0 spiro atoms. The fourth-order valence-corrected chi connectivity index (χ4v) is 4.18. The number of anilines is 1. The predicted molar refractivity (Wildman–Crippen MR) is 103 cm³/mol. The van der Waals surface area contributed by atoms with E-state index in [2.05, 4.69) is 33.2 Å². The van der Waals surface area contributed by atoms with Gasteiger partial charge in [-0.25, -0.2) is 4.39 Å². The van der Waals surface area contributed by atoms with Crippen LogP contribution in [0.15, 0.2) is 30.3 Å². The maximum absolute atomic E-state index is 13.0. The van der Waals surface area contributed by atoms with Crippen LogP contribution in [-0.4, -0.2) is 45.8 Å². The molecule has 1 saturated heterocycles. The van der Waals surface area contributed by atoms with E-state index >= 15 is 0 Å². The van der Waals surface area contributed by atoms with E-state index in [0.29, 0.717) is 13.0 Å². The molecule has 27 heavy (non-hydrogen) atoms. The number of morpholine rings is 1. The van der Waals surface area contributed by atoms with Gasteiger partial charge in [-0.15, -0.1) is 10.2 Å². The van der Waals surface area contributed by atoms with Crippen LogP contribution in [0.5, 0.6) is 0 Å². The fraction of sp³-hybridized carbons (Fsp3) is 0.421. The minimum Gasteiger partial charge on any atom is -0.373 e. The second kappa shape index (κ2) is 7.74. The summed E-state index contributed by atoms with van der Waals surface area (Å²) in [6.45, 7) is 7.03. The van der Waals surface area contributed by atoms with E-state index in [4.69, 9.17) is 4.74 Å². The highest BCUT2D eigenvalue weighted by atomic mass is 32.1. The van der Waals surface area contributed by atoms with E-state index < -0.39 is 0 Å². The van der Waals surface area contributed by atoms with Gasteiger partial charge in [0.2, 0.25) is 5.13 Å². The average Bonchev–Trinajstić information content (AvgIpc) is 3.24.